The summed E-state index contributed by atoms with van der Waals surface area (Å²) >= 11 is 1.52. The molecular weight excluding hydrogens is 420 g/mol. The molecule has 0 saturated heterocycles. The smallest absolute Gasteiger partial charge is 0.339 e. The summed E-state index contributed by atoms with van der Waals surface area (Å²) in [6.07, 6.45) is -0.531. The van der Waals surface area contributed by atoms with Crippen molar-refractivity contribution >= 4 is 39.1 Å². The summed E-state index contributed by atoms with van der Waals surface area (Å²) in [5.41, 5.74) is 4.77. The monoisotopic (exact) mass is 444 g/mol. The van der Waals surface area contributed by atoms with Crippen molar-refractivity contribution in [2.75, 3.05) is 5.32 Å². The molecule has 0 aliphatic rings. The van der Waals surface area contributed by atoms with Crippen LogP contribution in [0.1, 0.15) is 34.8 Å². The average molecular weight is 445 g/mol. The molecule has 0 bridgehead atoms. The number of nitrogens with zero attached hydrogens (tertiary/aromatic N) is 1. The number of carbonyl (C=O) groups is 2. The highest BCUT2D eigenvalue weighted by Crippen LogP contribution is 2.32. The molecule has 1 amide bonds. The topological polar surface area (TPSA) is 68.3 Å². The second kappa shape index (κ2) is 9.32. The molecule has 0 fully saturated rings. The number of rotatable bonds is 6. The highest BCUT2D eigenvalue weighted by atomic mass is 32.1. The van der Waals surface area contributed by atoms with Crippen molar-refractivity contribution in [1.29, 1.82) is 0 Å². The molecule has 6 heteroatoms. The number of benzene rings is 3. The third kappa shape index (κ3) is 4.41. The maximum atomic E-state index is 13.1. The first kappa shape index (κ1) is 21.7. The molecular formula is C26H24N2O3S. The number of aromatic nitrogens is 1. The molecule has 3 aromatic carbocycles. The Morgan fingerprint density at radius 1 is 1.00 bits per heavy atom. The third-order valence-corrected chi connectivity index (χ3v) is 6.52. The summed E-state index contributed by atoms with van der Waals surface area (Å²) in [6, 6.07) is 20.8. The number of anilines is 1. The van der Waals surface area contributed by atoms with E-state index in [4.69, 9.17) is 4.74 Å². The molecule has 1 heterocycles. The van der Waals surface area contributed by atoms with Gasteiger partial charge in [0.15, 0.2) is 6.10 Å². The van der Waals surface area contributed by atoms with Gasteiger partial charge in [-0.05, 0) is 55.7 Å². The van der Waals surface area contributed by atoms with Crippen LogP contribution in [0.4, 0.5) is 5.69 Å². The zero-order chi connectivity index (χ0) is 22.7. The van der Waals surface area contributed by atoms with Gasteiger partial charge < -0.3 is 10.1 Å². The number of carbonyl (C=O) groups excluding carboxylic acids is 2. The highest BCUT2D eigenvalue weighted by molar-refractivity contribution is 7.21. The van der Waals surface area contributed by atoms with Crippen molar-refractivity contribution < 1.29 is 14.3 Å². The SMILES string of the molecule is CCC(OC(=O)c1ccccc1-c1nc2ccccc2s1)C(=O)Nc1cccc(C)c1C. The molecule has 0 aliphatic heterocycles. The van der Waals surface area contributed by atoms with Gasteiger partial charge in [-0.1, -0.05) is 49.4 Å². The zero-order valence-corrected chi connectivity index (χ0v) is 19.0. The van der Waals surface area contributed by atoms with Crippen molar-refractivity contribution in [3.63, 3.8) is 0 Å². The number of hydrogen-bond acceptors (Lipinski definition) is 5. The summed E-state index contributed by atoms with van der Waals surface area (Å²) in [7, 11) is 0. The second-order valence-corrected chi connectivity index (χ2v) is 8.60. The molecule has 0 radical (unpaired) electrons. The average Bonchev–Trinajstić information content (AvgIpc) is 3.24. The fourth-order valence-corrected chi connectivity index (χ4v) is 4.45. The van der Waals surface area contributed by atoms with Crippen LogP contribution < -0.4 is 5.32 Å². The molecule has 4 aromatic rings. The first-order valence-corrected chi connectivity index (χ1v) is 11.3. The fraction of sp³-hybridized carbons (Fsp3) is 0.192. The standard InChI is InChI=1S/C26H24N2O3S/c1-4-22(24(29)27-20-14-9-10-16(2)17(20)3)31-26(30)19-12-6-5-11-18(19)25-28-21-13-7-8-15-23(21)32-25/h5-15,22H,4H2,1-3H3,(H,27,29). The Bertz CT molecular complexity index is 1260. The molecule has 0 aliphatic carbocycles. The number of fused-ring (bicyclic) bond motifs is 1. The van der Waals surface area contributed by atoms with E-state index in [0.29, 0.717) is 17.5 Å². The maximum absolute atomic E-state index is 13.1. The number of esters is 1. The Kier molecular flexibility index (Phi) is 6.32. The van der Waals surface area contributed by atoms with Crippen LogP contribution in [0, 0.1) is 13.8 Å². The molecule has 1 atom stereocenters. The molecule has 4 rings (SSSR count). The summed E-state index contributed by atoms with van der Waals surface area (Å²) in [5, 5.41) is 3.64. The van der Waals surface area contributed by atoms with Crippen molar-refractivity contribution in [2.45, 2.75) is 33.3 Å². The van der Waals surface area contributed by atoms with E-state index < -0.39 is 12.1 Å². The Hall–Kier alpha value is -3.51. The Morgan fingerprint density at radius 3 is 2.53 bits per heavy atom. The quantitative estimate of drug-likeness (QED) is 0.362. The van der Waals surface area contributed by atoms with Gasteiger partial charge in [0, 0.05) is 11.3 Å². The number of aryl methyl sites for hydroxylation is 1. The predicted molar refractivity (Wildman–Crippen MR) is 129 cm³/mol. The number of thiazole rings is 1. The Labute approximate surface area is 191 Å². The second-order valence-electron chi connectivity index (χ2n) is 7.57. The van der Waals surface area contributed by atoms with Crippen LogP contribution in [0.15, 0.2) is 66.7 Å². The maximum Gasteiger partial charge on any atom is 0.339 e. The van der Waals surface area contributed by atoms with E-state index in [0.717, 1.165) is 32.0 Å². The van der Waals surface area contributed by atoms with Gasteiger partial charge in [0.2, 0.25) is 0 Å². The summed E-state index contributed by atoms with van der Waals surface area (Å²) in [6.45, 7) is 5.76. The fourth-order valence-electron chi connectivity index (χ4n) is 3.45. The minimum absolute atomic E-state index is 0.341. The summed E-state index contributed by atoms with van der Waals surface area (Å²) in [5.74, 6) is -0.880. The lowest BCUT2D eigenvalue weighted by molar-refractivity contribution is -0.124. The van der Waals surface area contributed by atoms with Crippen LogP contribution in [0.25, 0.3) is 20.8 Å². The van der Waals surface area contributed by atoms with E-state index in [9.17, 15) is 9.59 Å². The predicted octanol–water partition coefficient (Wildman–Crippen LogP) is 6.15. The van der Waals surface area contributed by atoms with Crippen LogP contribution >= 0.6 is 11.3 Å². The van der Waals surface area contributed by atoms with E-state index in [2.05, 4.69) is 10.3 Å². The molecule has 0 spiro atoms. The largest absolute Gasteiger partial charge is 0.449 e. The first-order chi connectivity index (χ1) is 15.5. The van der Waals surface area contributed by atoms with Crippen LogP contribution in [-0.4, -0.2) is 23.0 Å². The Balaban J connectivity index is 1.56. The molecule has 1 aromatic heterocycles. The van der Waals surface area contributed by atoms with Crippen molar-refractivity contribution in [2.24, 2.45) is 0 Å². The molecule has 1 N–H and O–H groups in total. The minimum atomic E-state index is -0.897. The van der Waals surface area contributed by atoms with E-state index in [-0.39, 0.29) is 5.91 Å². The lowest BCUT2D eigenvalue weighted by atomic mass is 10.1. The highest BCUT2D eigenvalue weighted by Gasteiger charge is 2.25. The van der Waals surface area contributed by atoms with E-state index in [1.165, 1.54) is 11.3 Å². The first-order valence-electron chi connectivity index (χ1n) is 10.5. The van der Waals surface area contributed by atoms with Crippen molar-refractivity contribution in [3.05, 3.63) is 83.4 Å². The van der Waals surface area contributed by atoms with Gasteiger partial charge in [-0.2, -0.15) is 0 Å². The van der Waals surface area contributed by atoms with Crippen LogP contribution in [-0.2, 0) is 9.53 Å². The molecule has 5 nitrogen and oxygen atoms in total. The molecule has 1 unspecified atom stereocenters. The number of nitrogens with one attached hydrogen (secondary N) is 1. The molecule has 32 heavy (non-hydrogen) atoms. The van der Waals surface area contributed by atoms with Crippen LogP contribution in [0.3, 0.4) is 0 Å². The third-order valence-electron chi connectivity index (χ3n) is 5.45. The van der Waals surface area contributed by atoms with Gasteiger partial charge in [-0.25, -0.2) is 9.78 Å². The van der Waals surface area contributed by atoms with Crippen molar-refractivity contribution in [1.82, 2.24) is 4.98 Å². The van der Waals surface area contributed by atoms with E-state index in [1.807, 2.05) is 75.4 Å². The zero-order valence-electron chi connectivity index (χ0n) is 18.2. The van der Waals surface area contributed by atoms with Crippen LogP contribution in [0.5, 0.6) is 0 Å². The lowest BCUT2D eigenvalue weighted by Gasteiger charge is -2.18. The Morgan fingerprint density at radius 2 is 1.75 bits per heavy atom. The van der Waals surface area contributed by atoms with E-state index in [1.54, 1.807) is 12.1 Å². The number of hydrogen-bond donors (Lipinski definition) is 1. The van der Waals surface area contributed by atoms with Gasteiger partial charge in [-0.3, -0.25) is 4.79 Å². The molecule has 0 saturated carbocycles. The molecule has 162 valence electrons. The van der Waals surface area contributed by atoms with E-state index >= 15 is 0 Å². The summed E-state index contributed by atoms with van der Waals surface area (Å²) in [4.78, 5) is 30.6. The van der Waals surface area contributed by atoms with Crippen LogP contribution in [0.2, 0.25) is 0 Å². The minimum Gasteiger partial charge on any atom is -0.449 e. The lowest BCUT2D eigenvalue weighted by Crippen LogP contribution is -2.32. The van der Waals surface area contributed by atoms with Gasteiger partial charge in [-0.15, -0.1) is 11.3 Å². The van der Waals surface area contributed by atoms with Crippen molar-refractivity contribution in [3.8, 4) is 10.6 Å². The van der Waals surface area contributed by atoms with Gasteiger partial charge >= 0.3 is 5.97 Å². The summed E-state index contributed by atoms with van der Waals surface area (Å²) < 4.78 is 6.70. The number of ether oxygens (including phenoxy) is 1. The normalized spacial score (nSPS) is 11.8. The van der Waals surface area contributed by atoms with Gasteiger partial charge in [0.25, 0.3) is 5.91 Å². The number of para-hydroxylation sites is 1. The van der Waals surface area contributed by atoms with Gasteiger partial charge in [0.1, 0.15) is 5.01 Å². The number of amides is 1. The van der Waals surface area contributed by atoms with Gasteiger partial charge in [0.05, 0.1) is 15.8 Å².